The molecule has 7 nitrogen and oxygen atoms in total. The van der Waals surface area contributed by atoms with Gasteiger partial charge in [-0.05, 0) is 24.1 Å². The zero-order valence-electron chi connectivity index (χ0n) is 15.5. The second kappa shape index (κ2) is 11.1. The van der Waals surface area contributed by atoms with Crippen LogP contribution in [0.4, 0.5) is 0 Å². The fraction of sp³-hybridized carbons (Fsp3) is 0.529. The van der Waals surface area contributed by atoms with Crippen molar-refractivity contribution in [1.29, 1.82) is 0 Å². The lowest BCUT2D eigenvalue weighted by Crippen LogP contribution is -2.55. The summed E-state index contributed by atoms with van der Waals surface area (Å²) in [6.07, 6.45) is 1.72. The minimum Gasteiger partial charge on any atom is -0.356 e. The molecule has 0 atom stereocenters. The highest BCUT2D eigenvalue weighted by Gasteiger charge is 2.25. The Balaban J connectivity index is 0.00000364. The molecule has 152 valence electrons. The number of carbonyl (C=O) groups excluding carboxylic acids is 1. The van der Waals surface area contributed by atoms with Crippen molar-refractivity contribution >= 4 is 57.3 Å². The molecule has 1 fully saturated rings. The predicted octanol–water partition coefficient (Wildman–Crippen LogP) is 1.61. The molecule has 0 unspecified atom stereocenters. The number of sulfone groups is 1. The third-order valence-electron chi connectivity index (χ3n) is 4.09. The summed E-state index contributed by atoms with van der Waals surface area (Å²) in [5, 5.41) is 3.81. The molecular weight excluding hydrogens is 503 g/mol. The lowest BCUT2D eigenvalue weighted by Gasteiger charge is -2.36. The van der Waals surface area contributed by atoms with Crippen molar-refractivity contribution < 1.29 is 13.2 Å². The Morgan fingerprint density at radius 1 is 1.26 bits per heavy atom. The molecule has 1 saturated heterocycles. The van der Waals surface area contributed by atoms with Gasteiger partial charge in [-0.1, -0.05) is 23.7 Å². The Morgan fingerprint density at radius 3 is 2.48 bits per heavy atom. The van der Waals surface area contributed by atoms with Crippen LogP contribution in [0.3, 0.4) is 0 Å². The monoisotopic (exact) mass is 528 g/mol. The van der Waals surface area contributed by atoms with E-state index in [0.29, 0.717) is 43.6 Å². The quantitative estimate of drug-likeness (QED) is 0.263. The Kier molecular flexibility index (Phi) is 9.82. The first-order chi connectivity index (χ1) is 12.3. The van der Waals surface area contributed by atoms with Crippen molar-refractivity contribution in [1.82, 2.24) is 15.1 Å². The Labute approximate surface area is 183 Å². The fourth-order valence-electron chi connectivity index (χ4n) is 2.73. The molecule has 0 aliphatic carbocycles. The van der Waals surface area contributed by atoms with Crippen LogP contribution >= 0.6 is 35.6 Å². The van der Waals surface area contributed by atoms with E-state index in [2.05, 4.69) is 10.3 Å². The van der Waals surface area contributed by atoms with Crippen molar-refractivity contribution in [3.05, 3.63) is 34.9 Å². The highest BCUT2D eigenvalue weighted by molar-refractivity contribution is 14.0. The minimum atomic E-state index is -2.96. The molecule has 10 heteroatoms. The van der Waals surface area contributed by atoms with Crippen LogP contribution in [-0.4, -0.2) is 75.3 Å². The maximum Gasteiger partial charge on any atom is 0.242 e. The Morgan fingerprint density at radius 2 is 1.93 bits per heavy atom. The lowest BCUT2D eigenvalue weighted by atomic mass is 10.2. The van der Waals surface area contributed by atoms with Gasteiger partial charge < -0.3 is 15.1 Å². The van der Waals surface area contributed by atoms with Gasteiger partial charge in [0.25, 0.3) is 0 Å². The van der Waals surface area contributed by atoms with Gasteiger partial charge in [-0.3, -0.25) is 9.79 Å². The van der Waals surface area contributed by atoms with Crippen molar-refractivity contribution in [3.8, 4) is 0 Å². The molecule has 0 radical (unpaired) electrons. The molecule has 27 heavy (non-hydrogen) atoms. The van der Waals surface area contributed by atoms with Gasteiger partial charge in [0.1, 0.15) is 9.84 Å². The molecule has 1 N–H and O–H groups in total. The van der Waals surface area contributed by atoms with E-state index in [1.807, 2.05) is 34.1 Å². The molecule has 1 amide bonds. The maximum absolute atomic E-state index is 12.5. The van der Waals surface area contributed by atoms with Crippen molar-refractivity contribution in [2.24, 2.45) is 4.99 Å². The normalized spacial score (nSPS) is 15.5. The third kappa shape index (κ3) is 8.22. The summed E-state index contributed by atoms with van der Waals surface area (Å²) < 4.78 is 22.3. The van der Waals surface area contributed by atoms with Crippen LogP contribution in [0.15, 0.2) is 29.3 Å². The molecule has 1 aliphatic rings. The molecule has 1 heterocycles. The summed E-state index contributed by atoms with van der Waals surface area (Å²) in [6, 6.07) is 7.48. The molecule has 0 spiro atoms. The molecule has 1 aromatic carbocycles. The van der Waals surface area contributed by atoms with Gasteiger partial charge in [0.05, 0.1) is 12.3 Å². The van der Waals surface area contributed by atoms with Gasteiger partial charge in [0.2, 0.25) is 5.91 Å². The number of rotatable bonds is 6. The van der Waals surface area contributed by atoms with E-state index in [1.165, 1.54) is 6.26 Å². The lowest BCUT2D eigenvalue weighted by molar-refractivity contribution is -0.135. The molecule has 0 aromatic heterocycles. The first kappa shape index (κ1) is 24.0. The highest BCUT2D eigenvalue weighted by atomic mass is 127. The van der Waals surface area contributed by atoms with Crippen LogP contribution in [0.5, 0.6) is 0 Å². The van der Waals surface area contributed by atoms with Crippen LogP contribution in [0.1, 0.15) is 12.0 Å². The van der Waals surface area contributed by atoms with Crippen molar-refractivity contribution in [3.63, 3.8) is 0 Å². The van der Waals surface area contributed by atoms with Gasteiger partial charge in [-0.15, -0.1) is 24.0 Å². The smallest absolute Gasteiger partial charge is 0.242 e. The number of amides is 1. The number of nitrogens with zero attached hydrogens (tertiary/aromatic N) is 3. The first-order valence-corrected chi connectivity index (χ1v) is 10.9. The van der Waals surface area contributed by atoms with Crippen LogP contribution in [-0.2, 0) is 21.2 Å². The average molecular weight is 529 g/mol. The number of hydrogen-bond acceptors (Lipinski definition) is 4. The van der Waals surface area contributed by atoms with Crippen LogP contribution < -0.4 is 5.32 Å². The second-order valence-electron chi connectivity index (χ2n) is 6.32. The number of piperazine rings is 1. The summed E-state index contributed by atoms with van der Waals surface area (Å²) in [5.41, 5.74) is 1.04. The number of carbonyl (C=O) groups is 1. The summed E-state index contributed by atoms with van der Waals surface area (Å²) in [7, 11) is -1.31. The van der Waals surface area contributed by atoms with Gasteiger partial charge in [-0.25, -0.2) is 8.42 Å². The van der Waals surface area contributed by atoms with E-state index in [-0.39, 0.29) is 42.2 Å². The number of hydrogen-bond donors (Lipinski definition) is 1. The molecule has 2 rings (SSSR count). The topological polar surface area (TPSA) is 82.1 Å². The van der Waals surface area contributed by atoms with Gasteiger partial charge in [0, 0.05) is 44.5 Å². The summed E-state index contributed by atoms with van der Waals surface area (Å²) >= 11 is 5.89. The number of aliphatic imine (C=N–C) groups is 1. The number of halogens is 2. The summed E-state index contributed by atoms with van der Waals surface area (Å²) in [5.74, 6) is 0.786. The van der Waals surface area contributed by atoms with E-state index in [1.54, 1.807) is 7.05 Å². The van der Waals surface area contributed by atoms with Gasteiger partial charge in [0.15, 0.2) is 5.96 Å². The molecular formula is C17H26ClIN4O3S. The van der Waals surface area contributed by atoms with E-state index in [4.69, 9.17) is 11.6 Å². The molecule has 0 bridgehead atoms. The Hall–Kier alpha value is -1.07. The SMILES string of the molecule is CN=C(NCCCS(C)(=O)=O)N1CCN(Cc2ccc(Cl)cc2)C(=O)C1.I. The van der Waals surface area contributed by atoms with E-state index < -0.39 is 9.84 Å². The number of benzene rings is 1. The molecule has 1 aliphatic heterocycles. The zero-order chi connectivity index (χ0) is 19.2. The maximum atomic E-state index is 12.5. The largest absolute Gasteiger partial charge is 0.356 e. The van der Waals surface area contributed by atoms with E-state index in [9.17, 15) is 13.2 Å². The van der Waals surface area contributed by atoms with Gasteiger partial charge in [-0.2, -0.15) is 0 Å². The first-order valence-electron chi connectivity index (χ1n) is 8.44. The fourth-order valence-corrected chi connectivity index (χ4v) is 3.53. The van der Waals surface area contributed by atoms with Crippen LogP contribution in [0, 0.1) is 0 Å². The Bertz CT molecular complexity index is 756. The highest BCUT2D eigenvalue weighted by Crippen LogP contribution is 2.13. The van der Waals surface area contributed by atoms with Crippen LogP contribution in [0.2, 0.25) is 5.02 Å². The minimum absolute atomic E-state index is 0. The van der Waals surface area contributed by atoms with E-state index >= 15 is 0 Å². The van der Waals surface area contributed by atoms with Crippen molar-refractivity contribution in [2.45, 2.75) is 13.0 Å². The second-order valence-corrected chi connectivity index (χ2v) is 9.02. The summed E-state index contributed by atoms with van der Waals surface area (Å²) in [6.45, 7) is 2.58. The van der Waals surface area contributed by atoms with Crippen molar-refractivity contribution in [2.75, 3.05) is 45.2 Å². The molecule has 1 aromatic rings. The average Bonchev–Trinajstić information content (AvgIpc) is 2.58. The van der Waals surface area contributed by atoms with E-state index in [0.717, 1.165) is 5.56 Å². The number of guanidine groups is 1. The number of nitrogens with one attached hydrogen (secondary N) is 1. The molecule has 0 saturated carbocycles. The predicted molar refractivity (Wildman–Crippen MR) is 120 cm³/mol. The summed E-state index contributed by atoms with van der Waals surface area (Å²) in [4.78, 5) is 20.4. The van der Waals surface area contributed by atoms with Gasteiger partial charge >= 0.3 is 0 Å². The zero-order valence-corrected chi connectivity index (χ0v) is 19.4. The standard InChI is InChI=1S/C17H25ClN4O3S.HI/c1-19-17(20-8-3-11-26(2,24)25)22-10-9-21(16(23)13-22)12-14-4-6-15(18)7-5-14;/h4-7H,3,8-13H2,1-2H3,(H,19,20);1H. The third-order valence-corrected chi connectivity index (χ3v) is 5.37. The van der Waals surface area contributed by atoms with Crippen LogP contribution in [0.25, 0.3) is 0 Å².